The minimum Gasteiger partial charge on any atom is -0.316 e. The Morgan fingerprint density at radius 2 is 2.07 bits per heavy atom. The number of halogens is 1. The summed E-state index contributed by atoms with van der Waals surface area (Å²) in [6.07, 6.45) is 1.61. The monoisotopic (exact) mass is 269 g/mol. The van der Waals surface area contributed by atoms with E-state index in [4.69, 9.17) is 0 Å². The summed E-state index contributed by atoms with van der Waals surface area (Å²) in [5.74, 6) is 0.239. The molecule has 2 nitrogen and oxygen atoms in total. The molecule has 0 radical (unpaired) electrons. The molecule has 0 amide bonds. The van der Waals surface area contributed by atoms with Gasteiger partial charge in [0.15, 0.2) is 0 Å². The van der Waals surface area contributed by atoms with Crippen molar-refractivity contribution in [1.82, 2.24) is 5.32 Å². The summed E-state index contributed by atoms with van der Waals surface area (Å²) in [5.41, 5.74) is 1.30. The Balaban J connectivity index is 2.21. The lowest BCUT2D eigenvalue weighted by atomic mass is 10.1. The van der Waals surface area contributed by atoms with Crippen LogP contribution < -0.4 is 5.32 Å². The molecule has 1 aromatic rings. The lowest BCUT2D eigenvalue weighted by molar-refractivity contribution is -0.116. The largest absolute Gasteiger partial charge is 0.316 e. The number of nitrogens with one attached hydrogen (secondary N) is 1. The van der Waals surface area contributed by atoms with Crippen molar-refractivity contribution in [1.29, 1.82) is 0 Å². The molecule has 0 aliphatic rings. The molecule has 0 bridgehead atoms. The first-order chi connectivity index (χ1) is 7.20. The van der Waals surface area contributed by atoms with Crippen LogP contribution in [0.2, 0.25) is 0 Å². The van der Waals surface area contributed by atoms with E-state index in [1.54, 1.807) is 6.92 Å². The minimum absolute atomic E-state index is 0.239. The molecule has 0 unspecified atom stereocenters. The molecule has 82 valence electrons. The normalized spacial score (nSPS) is 10.3. The SMILES string of the molecule is CC(=O)CCNCCc1ccccc1Br. The van der Waals surface area contributed by atoms with E-state index in [9.17, 15) is 4.79 Å². The fourth-order valence-electron chi connectivity index (χ4n) is 1.31. The third kappa shape index (κ3) is 5.09. The number of benzene rings is 1. The number of rotatable bonds is 6. The van der Waals surface area contributed by atoms with Crippen LogP contribution in [0.4, 0.5) is 0 Å². The molecule has 0 fully saturated rings. The van der Waals surface area contributed by atoms with E-state index < -0.39 is 0 Å². The van der Waals surface area contributed by atoms with E-state index >= 15 is 0 Å². The van der Waals surface area contributed by atoms with Gasteiger partial charge in [0.2, 0.25) is 0 Å². The molecule has 3 heteroatoms. The average molecular weight is 270 g/mol. The second-order valence-corrected chi connectivity index (χ2v) is 4.40. The van der Waals surface area contributed by atoms with Crippen LogP contribution in [0.1, 0.15) is 18.9 Å². The predicted octanol–water partition coefficient (Wildman–Crippen LogP) is 2.56. The van der Waals surface area contributed by atoms with Gasteiger partial charge < -0.3 is 5.32 Å². The lowest BCUT2D eigenvalue weighted by Gasteiger charge is -2.05. The lowest BCUT2D eigenvalue weighted by Crippen LogP contribution is -2.20. The van der Waals surface area contributed by atoms with E-state index in [0.717, 1.165) is 24.0 Å². The van der Waals surface area contributed by atoms with Gasteiger partial charge in [0.25, 0.3) is 0 Å². The van der Waals surface area contributed by atoms with Crippen molar-refractivity contribution in [3.05, 3.63) is 34.3 Å². The van der Waals surface area contributed by atoms with Gasteiger partial charge in [-0.25, -0.2) is 0 Å². The average Bonchev–Trinajstić information content (AvgIpc) is 2.20. The van der Waals surface area contributed by atoms with Gasteiger partial charge in [-0.15, -0.1) is 0 Å². The summed E-state index contributed by atoms with van der Waals surface area (Å²) in [4.78, 5) is 10.7. The van der Waals surface area contributed by atoms with Gasteiger partial charge in [0, 0.05) is 17.4 Å². The summed E-state index contributed by atoms with van der Waals surface area (Å²) in [6, 6.07) is 8.20. The summed E-state index contributed by atoms with van der Waals surface area (Å²) in [5, 5.41) is 3.25. The van der Waals surface area contributed by atoms with E-state index in [-0.39, 0.29) is 5.78 Å². The van der Waals surface area contributed by atoms with Gasteiger partial charge in [-0.2, -0.15) is 0 Å². The Morgan fingerprint density at radius 3 is 2.73 bits per heavy atom. The first-order valence-electron chi connectivity index (χ1n) is 5.13. The van der Waals surface area contributed by atoms with Gasteiger partial charge in [0.1, 0.15) is 5.78 Å². The highest BCUT2D eigenvalue weighted by Crippen LogP contribution is 2.15. The molecule has 0 atom stereocenters. The van der Waals surface area contributed by atoms with E-state index in [0.29, 0.717) is 6.42 Å². The maximum Gasteiger partial charge on any atom is 0.131 e. The van der Waals surface area contributed by atoms with E-state index in [1.807, 2.05) is 18.2 Å². The molecule has 1 aromatic carbocycles. The second kappa shape index (κ2) is 6.75. The maximum atomic E-state index is 10.7. The molecule has 0 saturated heterocycles. The van der Waals surface area contributed by atoms with Crippen LogP contribution in [0.3, 0.4) is 0 Å². The number of hydrogen-bond acceptors (Lipinski definition) is 2. The van der Waals surface area contributed by atoms with Crippen molar-refractivity contribution >= 4 is 21.7 Å². The third-order valence-corrected chi connectivity index (χ3v) is 2.96. The van der Waals surface area contributed by atoms with Crippen molar-refractivity contribution in [3.8, 4) is 0 Å². The van der Waals surface area contributed by atoms with Gasteiger partial charge in [-0.1, -0.05) is 34.1 Å². The zero-order valence-electron chi connectivity index (χ0n) is 8.92. The van der Waals surface area contributed by atoms with Crippen molar-refractivity contribution < 1.29 is 4.79 Å². The van der Waals surface area contributed by atoms with Crippen LogP contribution in [0.15, 0.2) is 28.7 Å². The molecule has 0 saturated carbocycles. The minimum atomic E-state index is 0.239. The number of carbonyl (C=O) groups excluding carboxylic acids is 1. The zero-order chi connectivity index (χ0) is 11.1. The van der Waals surface area contributed by atoms with Crippen LogP contribution in [-0.2, 0) is 11.2 Å². The van der Waals surface area contributed by atoms with Crippen LogP contribution in [-0.4, -0.2) is 18.9 Å². The molecule has 0 aliphatic heterocycles. The highest BCUT2D eigenvalue weighted by molar-refractivity contribution is 9.10. The molecule has 0 heterocycles. The fourth-order valence-corrected chi connectivity index (χ4v) is 1.80. The molecule has 0 aliphatic carbocycles. The van der Waals surface area contributed by atoms with Crippen LogP contribution in [0.5, 0.6) is 0 Å². The topological polar surface area (TPSA) is 29.1 Å². The van der Waals surface area contributed by atoms with E-state index in [2.05, 4.69) is 27.3 Å². The van der Waals surface area contributed by atoms with Crippen LogP contribution >= 0.6 is 15.9 Å². The first kappa shape index (κ1) is 12.4. The number of hydrogen-bond donors (Lipinski definition) is 1. The zero-order valence-corrected chi connectivity index (χ0v) is 10.5. The molecular weight excluding hydrogens is 254 g/mol. The quantitative estimate of drug-likeness (QED) is 0.805. The maximum absolute atomic E-state index is 10.7. The predicted molar refractivity (Wildman–Crippen MR) is 66.0 cm³/mol. The van der Waals surface area contributed by atoms with Gasteiger partial charge in [0.05, 0.1) is 0 Å². The number of Topliss-reactive ketones (excluding diaryl/α,β-unsaturated/α-hetero) is 1. The molecule has 1 rings (SSSR count). The standard InChI is InChI=1S/C12H16BrNO/c1-10(15)6-8-14-9-7-11-4-2-3-5-12(11)13/h2-5,14H,6-9H2,1H3. The Kier molecular flexibility index (Phi) is 5.58. The molecule has 0 aromatic heterocycles. The third-order valence-electron chi connectivity index (χ3n) is 2.18. The molecule has 1 N–H and O–H groups in total. The second-order valence-electron chi connectivity index (χ2n) is 3.54. The summed E-state index contributed by atoms with van der Waals surface area (Å²) >= 11 is 3.51. The highest BCUT2D eigenvalue weighted by Gasteiger charge is 1.98. The fraction of sp³-hybridized carbons (Fsp3) is 0.417. The van der Waals surface area contributed by atoms with E-state index in [1.165, 1.54) is 5.56 Å². The van der Waals surface area contributed by atoms with Gasteiger partial charge in [-0.05, 0) is 31.5 Å². The summed E-state index contributed by atoms with van der Waals surface area (Å²) in [7, 11) is 0. The summed E-state index contributed by atoms with van der Waals surface area (Å²) in [6.45, 7) is 3.31. The number of ketones is 1. The Hall–Kier alpha value is -0.670. The smallest absolute Gasteiger partial charge is 0.131 e. The summed E-state index contributed by atoms with van der Waals surface area (Å²) < 4.78 is 1.15. The van der Waals surface area contributed by atoms with Crippen LogP contribution in [0.25, 0.3) is 0 Å². The molecule has 15 heavy (non-hydrogen) atoms. The van der Waals surface area contributed by atoms with Crippen molar-refractivity contribution in [2.45, 2.75) is 19.8 Å². The van der Waals surface area contributed by atoms with Crippen molar-refractivity contribution in [2.24, 2.45) is 0 Å². The van der Waals surface area contributed by atoms with Crippen LogP contribution in [0, 0.1) is 0 Å². The van der Waals surface area contributed by atoms with Gasteiger partial charge >= 0.3 is 0 Å². The van der Waals surface area contributed by atoms with Crippen molar-refractivity contribution in [2.75, 3.05) is 13.1 Å². The Morgan fingerprint density at radius 1 is 1.33 bits per heavy atom. The highest BCUT2D eigenvalue weighted by atomic mass is 79.9. The molecule has 0 spiro atoms. The Bertz CT molecular complexity index is 325. The van der Waals surface area contributed by atoms with Gasteiger partial charge in [-0.3, -0.25) is 4.79 Å². The molecular formula is C12H16BrNO. The van der Waals surface area contributed by atoms with Crippen molar-refractivity contribution in [3.63, 3.8) is 0 Å². The first-order valence-corrected chi connectivity index (χ1v) is 5.93. The number of carbonyl (C=O) groups is 1. The Labute approximate surface area is 99.2 Å².